The number of methoxy groups -OCH3 is 1. The zero-order valence-electron chi connectivity index (χ0n) is 17.7. The number of hydrogen-bond acceptors (Lipinski definition) is 5. The first-order valence-electron chi connectivity index (χ1n) is 10.4. The highest BCUT2D eigenvalue weighted by Crippen LogP contribution is 2.27. The third-order valence-corrected chi connectivity index (χ3v) is 5.88. The average molecular weight is 402 g/mol. The maximum atomic E-state index is 5.52. The van der Waals surface area contributed by atoms with Crippen molar-refractivity contribution in [1.29, 1.82) is 0 Å². The lowest BCUT2D eigenvalue weighted by molar-refractivity contribution is 0.0335. The number of morpholine rings is 1. The van der Waals surface area contributed by atoms with Crippen LogP contribution in [0.1, 0.15) is 17.0 Å². The molecule has 0 amide bonds. The predicted octanol–water partition coefficient (Wildman–Crippen LogP) is 4.01. The van der Waals surface area contributed by atoms with Crippen molar-refractivity contribution in [3.8, 4) is 17.0 Å². The van der Waals surface area contributed by atoms with Gasteiger partial charge in [0.25, 0.3) is 0 Å². The smallest absolute Gasteiger partial charge is 0.146 e. The van der Waals surface area contributed by atoms with Gasteiger partial charge in [0.15, 0.2) is 0 Å². The van der Waals surface area contributed by atoms with E-state index in [1.165, 1.54) is 5.69 Å². The Balaban J connectivity index is 1.67. The molecule has 5 rings (SSSR count). The van der Waals surface area contributed by atoms with E-state index < -0.39 is 0 Å². The van der Waals surface area contributed by atoms with Crippen LogP contribution in [0.5, 0.6) is 5.75 Å². The molecule has 0 radical (unpaired) electrons. The van der Waals surface area contributed by atoms with E-state index in [2.05, 4.69) is 41.3 Å². The van der Waals surface area contributed by atoms with Gasteiger partial charge in [-0.2, -0.15) is 0 Å². The maximum absolute atomic E-state index is 5.52. The lowest BCUT2D eigenvalue weighted by Gasteiger charge is -2.26. The number of fused-ring (bicyclic) bond motifs is 3. The van der Waals surface area contributed by atoms with Crippen LogP contribution in [0.2, 0.25) is 0 Å². The summed E-state index contributed by atoms with van der Waals surface area (Å²) in [6.45, 7) is 8.54. The Hall–Kier alpha value is -2.96. The van der Waals surface area contributed by atoms with Gasteiger partial charge in [-0.15, -0.1) is 0 Å². The summed E-state index contributed by atoms with van der Waals surface area (Å²) < 4.78 is 13.1. The number of ether oxygens (including phenoxy) is 2. The molecule has 6 heteroatoms. The van der Waals surface area contributed by atoms with Crippen LogP contribution in [-0.2, 0) is 11.3 Å². The van der Waals surface area contributed by atoms with Gasteiger partial charge in [0.1, 0.15) is 17.0 Å². The molecule has 0 bridgehead atoms. The third-order valence-electron chi connectivity index (χ3n) is 5.88. The van der Waals surface area contributed by atoms with E-state index >= 15 is 0 Å². The molecular weight excluding hydrogens is 376 g/mol. The molecular formula is C24H26N4O2. The second-order valence-electron chi connectivity index (χ2n) is 7.86. The van der Waals surface area contributed by atoms with Gasteiger partial charge in [-0.05, 0) is 61.9 Å². The molecule has 154 valence electrons. The van der Waals surface area contributed by atoms with Gasteiger partial charge >= 0.3 is 0 Å². The molecule has 0 saturated carbocycles. The van der Waals surface area contributed by atoms with Crippen molar-refractivity contribution in [3.05, 3.63) is 59.4 Å². The van der Waals surface area contributed by atoms with E-state index in [-0.39, 0.29) is 0 Å². The minimum Gasteiger partial charge on any atom is -0.497 e. The maximum Gasteiger partial charge on any atom is 0.146 e. The van der Waals surface area contributed by atoms with E-state index in [1.807, 2.05) is 24.3 Å². The summed E-state index contributed by atoms with van der Waals surface area (Å²) in [5.41, 5.74) is 7.39. The number of imidazole rings is 1. The summed E-state index contributed by atoms with van der Waals surface area (Å²) >= 11 is 0. The van der Waals surface area contributed by atoms with Crippen LogP contribution >= 0.6 is 0 Å². The van der Waals surface area contributed by atoms with Gasteiger partial charge in [0.05, 0.1) is 37.4 Å². The number of rotatable bonds is 4. The monoisotopic (exact) mass is 402 g/mol. The summed E-state index contributed by atoms with van der Waals surface area (Å²) in [5.74, 6) is 0.843. The highest BCUT2D eigenvalue weighted by atomic mass is 16.5. The Labute approximate surface area is 176 Å². The molecule has 1 aliphatic rings. The zero-order chi connectivity index (χ0) is 20.7. The lowest BCUT2D eigenvalue weighted by Crippen LogP contribution is -2.36. The average Bonchev–Trinajstić information content (AvgIpc) is 3.11. The first-order valence-corrected chi connectivity index (χ1v) is 10.4. The number of hydrogen-bond donors (Lipinski definition) is 0. The molecule has 4 aromatic rings. The van der Waals surface area contributed by atoms with E-state index in [0.717, 1.165) is 77.8 Å². The minimum atomic E-state index is 0.787. The Morgan fingerprint density at radius 3 is 2.47 bits per heavy atom. The Morgan fingerprint density at radius 1 is 0.967 bits per heavy atom. The standard InChI is InChI=1S/C24H26N4O2/c1-16-14-19-6-9-21(18-4-7-20(29-3)8-5-18)26-24(19)28-22(17(2)25-23(16)28)15-27-10-12-30-13-11-27/h4-9,14H,10-13,15H2,1-3H3. The van der Waals surface area contributed by atoms with Crippen LogP contribution in [0.25, 0.3) is 27.9 Å². The van der Waals surface area contributed by atoms with Gasteiger partial charge in [-0.25, -0.2) is 9.97 Å². The molecule has 30 heavy (non-hydrogen) atoms. The fraction of sp³-hybridized carbons (Fsp3) is 0.333. The van der Waals surface area contributed by atoms with Gasteiger partial charge < -0.3 is 9.47 Å². The highest BCUT2D eigenvalue weighted by molar-refractivity contribution is 5.83. The first-order chi connectivity index (χ1) is 14.6. The number of nitrogens with zero attached hydrogens (tertiary/aromatic N) is 4. The first kappa shape index (κ1) is 19.0. The van der Waals surface area contributed by atoms with Gasteiger partial charge in [0.2, 0.25) is 0 Å². The predicted molar refractivity (Wildman–Crippen MR) is 118 cm³/mol. The molecule has 3 aromatic heterocycles. The molecule has 0 aliphatic carbocycles. The van der Waals surface area contributed by atoms with Crippen molar-refractivity contribution < 1.29 is 9.47 Å². The topological polar surface area (TPSA) is 51.9 Å². The molecule has 0 unspecified atom stereocenters. The highest BCUT2D eigenvalue weighted by Gasteiger charge is 2.19. The summed E-state index contributed by atoms with van der Waals surface area (Å²) in [7, 11) is 1.68. The number of benzene rings is 1. The van der Waals surface area contributed by atoms with Gasteiger partial charge in [0, 0.05) is 30.6 Å². The fourth-order valence-corrected chi connectivity index (χ4v) is 4.18. The summed E-state index contributed by atoms with van der Waals surface area (Å²) in [6, 6.07) is 14.5. The van der Waals surface area contributed by atoms with E-state index in [0.29, 0.717) is 0 Å². The van der Waals surface area contributed by atoms with Gasteiger partial charge in [-0.3, -0.25) is 9.30 Å². The molecule has 0 spiro atoms. The van der Waals surface area contributed by atoms with Crippen molar-refractivity contribution in [2.24, 2.45) is 0 Å². The van der Waals surface area contributed by atoms with Crippen LogP contribution in [0.4, 0.5) is 0 Å². The summed E-state index contributed by atoms with van der Waals surface area (Å²) in [5, 5.41) is 1.12. The van der Waals surface area contributed by atoms with Crippen LogP contribution in [0.15, 0.2) is 42.5 Å². The van der Waals surface area contributed by atoms with Crippen molar-refractivity contribution in [2.45, 2.75) is 20.4 Å². The largest absolute Gasteiger partial charge is 0.497 e. The molecule has 1 saturated heterocycles. The van der Waals surface area contributed by atoms with Crippen molar-refractivity contribution in [2.75, 3.05) is 33.4 Å². The van der Waals surface area contributed by atoms with E-state index in [4.69, 9.17) is 19.4 Å². The van der Waals surface area contributed by atoms with Crippen LogP contribution in [0, 0.1) is 13.8 Å². The van der Waals surface area contributed by atoms with E-state index in [1.54, 1.807) is 7.11 Å². The second kappa shape index (κ2) is 7.70. The molecule has 1 aliphatic heterocycles. The van der Waals surface area contributed by atoms with Crippen LogP contribution in [0.3, 0.4) is 0 Å². The fourth-order valence-electron chi connectivity index (χ4n) is 4.18. The molecule has 4 heterocycles. The van der Waals surface area contributed by atoms with Crippen molar-refractivity contribution in [3.63, 3.8) is 0 Å². The molecule has 1 fully saturated rings. The minimum absolute atomic E-state index is 0.787. The number of pyridine rings is 2. The van der Waals surface area contributed by atoms with Gasteiger partial charge in [-0.1, -0.05) is 0 Å². The molecule has 0 atom stereocenters. The van der Waals surface area contributed by atoms with E-state index in [9.17, 15) is 0 Å². The van der Waals surface area contributed by atoms with Crippen LogP contribution < -0.4 is 4.74 Å². The second-order valence-corrected chi connectivity index (χ2v) is 7.86. The Kier molecular flexibility index (Phi) is 4.89. The number of aryl methyl sites for hydroxylation is 2. The molecule has 1 aromatic carbocycles. The third kappa shape index (κ3) is 3.32. The molecule has 0 N–H and O–H groups in total. The SMILES string of the molecule is COc1ccc(-c2ccc3cc(C)c4nc(C)c(CN5CCOCC5)n4c3n2)cc1. The van der Waals surface area contributed by atoms with Crippen LogP contribution in [-0.4, -0.2) is 52.7 Å². The summed E-state index contributed by atoms with van der Waals surface area (Å²) in [6.07, 6.45) is 0. The lowest BCUT2D eigenvalue weighted by atomic mass is 10.1. The summed E-state index contributed by atoms with van der Waals surface area (Å²) in [4.78, 5) is 12.4. The Bertz CT molecular complexity index is 1210. The Morgan fingerprint density at radius 2 is 1.73 bits per heavy atom. The quantitative estimate of drug-likeness (QED) is 0.516. The van der Waals surface area contributed by atoms with Crippen molar-refractivity contribution in [1.82, 2.24) is 19.3 Å². The normalized spacial score (nSPS) is 15.2. The van der Waals surface area contributed by atoms with Crippen molar-refractivity contribution >= 4 is 16.7 Å². The number of aromatic nitrogens is 3. The molecule has 6 nitrogen and oxygen atoms in total. The zero-order valence-corrected chi connectivity index (χ0v) is 17.7.